The van der Waals surface area contributed by atoms with Gasteiger partial charge in [-0.05, 0) is 48.2 Å². The van der Waals surface area contributed by atoms with Crippen molar-refractivity contribution in [2.75, 3.05) is 19.8 Å². The molecule has 2 heterocycles. The van der Waals surface area contributed by atoms with Crippen molar-refractivity contribution < 1.29 is 9.47 Å². The van der Waals surface area contributed by atoms with Crippen LogP contribution in [0.4, 0.5) is 0 Å². The van der Waals surface area contributed by atoms with E-state index >= 15 is 0 Å². The number of allylic oxidation sites excluding steroid dienone is 3. The number of nitrogens with one attached hydrogen (secondary N) is 1. The quantitative estimate of drug-likeness (QED) is 0.456. The van der Waals surface area contributed by atoms with Gasteiger partial charge in [0.05, 0.1) is 19.4 Å². The van der Waals surface area contributed by atoms with Crippen LogP contribution in [-0.4, -0.2) is 30.8 Å². The molecule has 146 valence electrons. The van der Waals surface area contributed by atoms with E-state index in [2.05, 4.69) is 41.7 Å². The zero-order valence-corrected chi connectivity index (χ0v) is 16.3. The van der Waals surface area contributed by atoms with E-state index in [0.717, 1.165) is 41.0 Å². The molecule has 28 heavy (non-hydrogen) atoms. The number of hydrogen-bond donors (Lipinski definition) is 1. The molecule has 2 aromatic rings. The molecule has 4 nitrogen and oxygen atoms in total. The maximum atomic E-state index is 5.86. The average Bonchev–Trinajstić information content (AvgIpc) is 2.69. The Balaban J connectivity index is 1.55. The van der Waals surface area contributed by atoms with Gasteiger partial charge in [-0.2, -0.15) is 0 Å². The fraction of sp³-hybridized carbons (Fsp3) is 0.292. The predicted octanol–water partition coefficient (Wildman–Crippen LogP) is 4.69. The predicted molar refractivity (Wildman–Crippen MR) is 114 cm³/mol. The largest absolute Gasteiger partial charge is 0.490 e. The highest BCUT2D eigenvalue weighted by Crippen LogP contribution is 2.24. The Morgan fingerprint density at radius 2 is 2.11 bits per heavy atom. The smallest absolute Gasteiger partial charge is 0.138 e. The molecule has 1 aliphatic rings. The van der Waals surface area contributed by atoms with Crippen LogP contribution >= 0.6 is 0 Å². The second kappa shape index (κ2) is 10.6. The van der Waals surface area contributed by atoms with Gasteiger partial charge in [0.25, 0.3) is 0 Å². The van der Waals surface area contributed by atoms with Gasteiger partial charge in [0.2, 0.25) is 0 Å². The first kappa shape index (κ1) is 20.1. The van der Waals surface area contributed by atoms with Crippen LogP contribution in [-0.2, 0) is 11.3 Å². The summed E-state index contributed by atoms with van der Waals surface area (Å²) in [5.74, 6) is 0.804. The van der Waals surface area contributed by atoms with Gasteiger partial charge in [-0.1, -0.05) is 49.6 Å². The first-order chi connectivity index (χ1) is 13.8. The third kappa shape index (κ3) is 5.91. The summed E-state index contributed by atoms with van der Waals surface area (Å²) in [5, 5.41) is 3.34. The molecule has 1 saturated heterocycles. The van der Waals surface area contributed by atoms with Crippen LogP contribution < -0.4 is 10.1 Å². The van der Waals surface area contributed by atoms with Gasteiger partial charge in [0, 0.05) is 17.8 Å². The van der Waals surface area contributed by atoms with Crippen molar-refractivity contribution in [2.24, 2.45) is 0 Å². The number of rotatable bonds is 11. The van der Waals surface area contributed by atoms with Crippen molar-refractivity contribution in [3.8, 4) is 16.9 Å². The molecule has 1 N–H and O–H groups in total. The molecule has 1 fully saturated rings. The minimum atomic E-state index is 0.465. The van der Waals surface area contributed by atoms with E-state index in [1.54, 1.807) is 12.3 Å². The number of aromatic nitrogens is 1. The lowest BCUT2D eigenvalue weighted by molar-refractivity contribution is 0.124. The SMILES string of the molecule is C=C/C=C(\C=C)CCOCc1cccc(-c2cncc(OCC3CCN3)c2)c1. The Morgan fingerprint density at radius 3 is 2.86 bits per heavy atom. The molecular weight excluding hydrogens is 348 g/mol. The maximum Gasteiger partial charge on any atom is 0.138 e. The van der Waals surface area contributed by atoms with Crippen molar-refractivity contribution in [2.45, 2.75) is 25.5 Å². The highest BCUT2D eigenvalue weighted by Gasteiger charge is 2.16. The summed E-state index contributed by atoms with van der Waals surface area (Å²) in [5.41, 5.74) is 4.42. The number of nitrogens with zero attached hydrogens (tertiary/aromatic N) is 1. The summed E-state index contributed by atoms with van der Waals surface area (Å²) in [4.78, 5) is 4.33. The number of ether oxygens (including phenoxy) is 2. The Morgan fingerprint density at radius 1 is 1.21 bits per heavy atom. The molecule has 0 aliphatic carbocycles. The van der Waals surface area contributed by atoms with Crippen molar-refractivity contribution in [3.05, 3.63) is 85.2 Å². The molecular formula is C24H28N2O2. The molecule has 4 heteroatoms. The first-order valence-corrected chi connectivity index (χ1v) is 9.71. The Kier molecular flexibility index (Phi) is 7.59. The fourth-order valence-electron chi connectivity index (χ4n) is 2.97. The number of benzene rings is 1. The van der Waals surface area contributed by atoms with Crippen molar-refractivity contribution in [3.63, 3.8) is 0 Å². The van der Waals surface area contributed by atoms with Crippen LogP contribution in [0.25, 0.3) is 11.1 Å². The van der Waals surface area contributed by atoms with Gasteiger partial charge in [-0.25, -0.2) is 0 Å². The molecule has 0 spiro atoms. The summed E-state index contributed by atoms with van der Waals surface area (Å²) in [7, 11) is 0. The number of hydrogen-bond acceptors (Lipinski definition) is 4. The fourth-order valence-corrected chi connectivity index (χ4v) is 2.97. The van der Waals surface area contributed by atoms with Crippen molar-refractivity contribution in [1.29, 1.82) is 0 Å². The number of pyridine rings is 1. The van der Waals surface area contributed by atoms with E-state index in [0.29, 0.717) is 25.9 Å². The normalized spacial score (nSPS) is 16.3. The summed E-state index contributed by atoms with van der Waals surface area (Å²) in [6.45, 7) is 10.5. The third-order valence-corrected chi connectivity index (χ3v) is 4.75. The summed E-state index contributed by atoms with van der Waals surface area (Å²) in [6, 6.07) is 10.9. The van der Waals surface area contributed by atoms with Crippen LogP contribution in [0.5, 0.6) is 5.75 Å². The van der Waals surface area contributed by atoms with Gasteiger partial charge in [0.1, 0.15) is 12.4 Å². The lowest BCUT2D eigenvalue weighted by Crippen LogP contribution is -2.46. The zero-order chi connectivity index (χ0) is 19.6. The molecule has 0 amide bonds. The van der Waals surface area contributed by atoms with Gasteiger partial charge < -0.3 is 14.8 Å². The van der Waals surface area contributed by atoms with Crippen LogP contribution in [0.1, 0.15) is 18.4 Å². The van der Waals surface area contributed by atoms with E-state index in [1.807, 2.05) is 30.5 Å². The van der Waals surface area contributed by atoms with E-state index < -0.39 is 0 Å². The van der Waals surface area contributed by atoms with Gasteiger partial charge in [-0.3, -0.25) is 4.98 Å². The van der Waals surface area contributed by atoms with Gasteiger partial charge in [-0.15, -0.1) is 0 Å². The molecule has 0 bridgehead atoms. The zero-order valence-electron chi connectivity index (χ0n) is 16.3. The molecule has 3 rings (SSSR count). The second-order valence-corrected chi connectivity index (χ2v) is 6.84. The van der Waals surface area contributed by atoms with E-state index in [-0.39, 0.29) is 0 Å². The van der Waals surface area contributed by atoms with Crippen molar-refractivity contribution >= 4 is 0 Å². The highest BCUT2D eigenvalue weighted by atomic mass is 16.5. The molecule has 1 aromatic heterocycles. The Labute approximate surface area is 167 Å². The monoisotopic (exact) mass is 376 g/mol. The van der Waals surface area contributed by atoms with Gasteiger partial charge >= 0.3 is 0 Å². The minimum absolute atomic E-state index is 0.465. The van der Waals surface area contributed by atoms with Crippen LogP contribution in [0.2, 0.25) is 0 Å². The molecule has 1 aliphatic heterocycles. The highest BCUT2D eigenvalue weighted by molar-refractivity contribution is 5.64. The van der Waals surface area contributed by atoms with Gasteiger partial charge in [0.15, 0.2) is 0 Å². The lowest BCUT2D eigenvalue weighted by Gasteiger charge is -2.27. The topological polar surface area (TPSA) is 43.4 Å². The Bertz CT molecular complexity index is 825. The van der Waals surface area contributed by atoms with E-state index in [1.165, 1.54) is 6.42 Å². The van der Waals surface area contributed by atoms with E-state index in [9.17, 15) is 0 Å². The molecule has 0 radical (unpaired) electrons. The van der Waals surface area contributed by atoms with E-state index in [4.69, 9.17) is 9.47 Å². The summed E-state index contributed by atoms with van der Waals surface area (Å²) >= 11 is 0. The molecule has 1 unspecified atom stereocenters. The molecule has 1 atom stereocenters. The standard InChI is InChI=1S/C24H28N2O2/c1-3-6-19(4-2)10-12-27-17-20-7-5-8-21(13-20)22-14-24(16-25-15-22)28-18-23-9-11-26-23/h3-8,13-16,23,26H,1-2,9-12,17-18H2/b19-6+. The minimum Gasteiger partial charge on any atom is -0.490 e. The maximum absolute atomic E-state index is 5.86. The van der Waals surface area contributed by atoms with Crippen LogP contribution in [0.15, 0.2) is 79.7 Å². The molecule has 0 saturated carbocycles. The first-order valence-electron chi connectivity index (χ1n) is 9.71. The molecule has 1 aromatic carbocycles. The van der Waals surface area contributed by atoms with Crippen molar-refractivity contribution in [1.82, 2.24) is 10.3 Å². The second-order valence-electron chi connectivity index (χ2n) is 6.84. The van der Waals surface area contributed by atoms with Crippen LogP contribution in [0, 0.1) is 0 Å². The summed E-state index contributed by atoms with van der Waals surface area (Å²) in [6.07, 6.45) is 11.2. The lowest BCUT2D eigenvalue weighted by atomic mass is 10.0. The van der Waals surface area contributed by atoms with Crippen LogP contribution in [0.3, 0.4) is 0 Å². The Hall–Kier alpha value is -2.69. The summed E-state index contributed by atoms with van der Waals surface area (Å²) < 4.78 is 11.7. The third-order valence-electron chi connectivity index (χ3n) is 4.75. The average molecular weight is 377 g/mol.